The quantitative estimate of drug-likeness (QED) is 0.322. The molecule has 0 aliphatic carbocycles. The Kier molecular flexibility index (Phi) is 6.82. The van der Waals surface area contributed by atoms with Crippen molar-refractivity contribution in [2.75, 3.05) is 38.2 Å². The Labute approximate surface area is 214 Å². The molecule has 1 fully saturated rings. The van der Waals surface area contributed by atoms with Gasteiger partial charge in [0.2, 0.25) is 5.91 Å². The number of aryl methyl sites for hydroxylation is 2. The third kappa shape index (κ3) is 4.94. The van der Waals surface area contributed by atoms with Gasteiger partial charge in [-0.3, -0.25) is 4.79 Å². The summed E-state index contributed by atoms with van der Waals surface area (Å²) in [6.07, 6.45) is 1.21. The van der Waals surface area contributed by atoms with Crippen molar-refractivity contribution < 1.29 is 9.53 Å². The largest absolute Gasteiger partial charge is 0.495 e. The molecule has 3 aromatic carbocycles. The maximum absolute atomic E-state index is 13.2. The van der Waals surface area contributed by atoms with Crippen LogP contribution in [0.3, 0.4) is 0 Å². The van der Waals surface area contributed by atoms with Crippen molar-refractivity contribution in [3.8, 4) is 17.0 Å². The van der Waals surface area contributed by atoms with Gasteiger partial charge >= 0.3 is 0 Å². The number of benzene rings is 3. The first kappa shape index (κ1) is 23.5. The fourth-order valence-electron chi connectivity index (χ4n) is 4.96. The lowest BCUT2D eigenvalue weighted by atomic mass is 10.00. The number of carbonyl (C=O) groups is 1. The molecule has 1 aliphatic heterocycles. The molecule has 180 valence electrons. The summed E-state index contributed by atoms with van der Waals surface area (Å²) in [7, 11) is 1.70. The molecule has 1 aromatic heterocycles. The van der Waals surface area contributed by atoms with E-state index in [0.29, 0.717) is 12.8 Å². The van der Waals surface area contributed by atoms with Crippen molar-refractivity contribution in [2.24, 2.45) is 0 Å². The average Bonchev–Trinajstić information content (AvgIpc) is 3.25. The first-order valence-electron chi connectivity index (χ1n) is 12.1. The second-order valence-electron chi connectivity index (χ2n) is 9.07. The first-order valence-corrected chi connectivity index (χ1v) is 12.9. The van der Waals surface area contributed by atoms with Gasteiger partial charge in [0.25, 0.3) is 0 Å². The van der Waals surface area contributed by atoms with E-state index < -0.39 is 0 Å². The Morgan fingerprint density at radius 2 is 1.74 bits per heavy atom. The number of halogens is 1. The molecule has 1 N–H and O–H groups in total. The zero-order valence-electron chi connectivity index (χ0n) is 20.2. The summed E-state index contributed by atoms with van der Waals surface area (Å²) in [6.45, 7) is 5.18. The summed E-state index contributed by atoms with van der Waals surface area (Å²) in [5, 5.41) is 1.21. The van der Waals surface area contributed by atoms with E-state index in [-0.39, 0.29) is 5.91 Å². The van der Waals surface area contributed by atoms with Gasteiger partial charge in [0.1, 0.15) is 5.75 Å². The van der Waals surface area contributed by atoms with E-state index in [4.69, 9.17) is 4.74 Å². The molecule has 1 amide bonds. The highest BCUT2D eigenvalue weighted by Crippen LogP contribution is 2.33. The molecule has 0 saturated carbocycles. The number of para-hydroxylation sites is 2. The number of ether oxygens (including phenoxy) is 1. The molecule has 35 heavy (non-hydrogen) atoms. The molecule has 0 bridgehead atoms. The summed E-state index contributed by atoms with van der Waals surface area (Å²) < 4.78 is 6.58. The van der Waals surface area contributed by atoms with Crippen molar-refractivity contribution in [1.29, 1.82) is 0 Å². The molecule has 0 spiro atoms. The molecule has 1 saturated heterocycles. The number of hydrogen-bond acceptors (Lipinski definition) is 3. The van der Waals surface area contributed by atoms with Crippen LogP contribution in [0.5, 0.6) is 5.75 Å². The van der Waals surface area contributed by atoms with E-state index >= 15 is 0 Å². The summed E-state index contributed by atoms with van der Waals surface area (Å²) in [5.74, 6) is 1.09. The van der Waals surface area contributed by atoms with E-state index in [2.05, 4.69) is 81.3 Å². The van der Waals surface area contributed by atoms with Gasteiger partial charge in [-0.15, -0.1) is 0 Å². The number of amides is 1. The highest BCUT2D eigenvalue weighted by atomic mass is 79.9. The fourth-order valence-corrected chi connectivity index (χ4v) is 5.23. The van der Waals surface area contributed by atoms with E-state index in [0.717, 1.165) is 58.9 Å². The van der Waals surface area contributed by atoms with Crippen LogP contribution < -0.4 is 9.64 Å². The van der Waals surface area contributed by atoms with Crippen molar-refractivity contribution >= 4 is 38.4 Å². The number of anilines is 1. The van der Waals surface area contributed by atoms with Gasteiger partial charge in [0, 0.05) is 53.7 Å². The molecule has 0 unspecified atom stereocenters. The number of nitrogens with one attached hydrogen (secondary N) is 1. The molecule has 6 heteroatoms. The molecule has 2 heterocycles. The van der Waals surface area contributed by atoms with Crippen LogP contribution in [0.25, 0.3) is 22.2 Å². The molecular formula is C29H30BrN3O2. The predicted molar refractivity (Wildman–Crippen MR) is 146 cm³/mol. The van der Waals surface area contributed by atoms with E-state index in [1.807, 2.05) is 23.1 Å². The van der Waals surface area contributed by atoms with Gasteiger partial charge in [0.15, 0.2) is 0 Å². The lowest BCUT2D eigenvalue weighted by Gasteiger charge is -2.36. The summed E-state index contributed by atoms with van der Waals surface area (Å²) >= 11 is 3.53. The summed E-state index contributed by atoms with van der Waals surface area (Å²) in [5.41, 5.74) is 6.88. The number of hydrogen-bond donors (Lipinski definition) is 1. The number of piperazine rings is 1. The smallest absolute Gasteiger partial charge is 0.223 e. The van der Waals surface area contributed by atoms with E-state index in [1.165, 1.54) is 16.5 Å². The van der Waals surface area contributed by atoms with Crippen molar-refractivity contribution in [3.63, 3.8) is 0 Å². The molecular weight excluding hydrogens is 502 g/mol. The van der Waals surface area contributed by atoms with Gasteiger partial charge < -0.3 is 19.5 Å². The SMILES string of the molecule is COc1ccccc1N1CCN(C(=O)CCc2c(-c3ccc(Br)cc3)[nH]c3ccc(C)cc23)CC1. The predicted octanol–water partition coefficient (Wildman–Crippen LogP) is 6.20. The number of aromatic nitrogens is 1. The van der Waals surface area contributed by atoms with Crippen LogP contribution in [-0.2, 0) is 11.2 Å². The number of aromatic amines is 1. The molecule has 1 aliphatic rings. The minimum Gasteiger partial charge on any atom is -0.495 e. The molecule has 0 atom stereocenters. The molecule has 4 aromatic rings. The number of rotatable bonds is 6. The van der Waals surface area contributed by atoms with Crippen LogP contribution in [0.2, 0.25) is 0 Å². The number of carbonyl (C=O) groups excluding carboxylic acids is 1. The Bertz CT molecular complexity index is 1340. The fraction of sp³-hybridized carbons (Fsp3) is 0.276. The first-order chi connectivity index (χ1) is 17.0. The lowest BCUT2D eigenvalue weighted by molar-refractivity contribution is -0.131. The maximum atomic E-state index is 13.2. The Hall–Kier alpha value is -3.25. The van der Waals surface area contributed by atoms with Crippen LogP contribution in [0.1, 0.15) is 17.5 Å². The highest BCUT2D eigenvalue weighted by Gasteiger charge is 2.23. The standard InChI is InChI=1S/C29H30BrN3O2/c1-20-7-13-25-24(19-20)23(29(31-25)21-8-10-22(30)11-9-21)12-14-28(34)33-17-15-32(16-18-33)26-5-3-4-6-27(26)35-2/h3-11,13,19,31H,12,14-18H2,1-2H3. The monoisotopic (exact) mass is 531 g/mol. The van der Waals surface area contributed by atoms with Crippen LogP contribution >= 0.6 is 15.9 Å². The second-order valence-corrected chi connectivity index (χ2v) is 9.99. The van der Waals surface area contributed by atoms with Gasteiger partial charge in [-0.25, -0.2) is 0 Å². The van der Waals surface area contributed by atoms with Crippen molar-refractivity contribution in [3.05, 3.63) is 82.3 Å². The molecule has 5 rings (SSSR count). The van der Waals surface area contributed by atoms with E-state index in [1.54, 1.807) is 7.11 Å². The third-order valence-electron chi connectivity index (χ3n) is 6.84. The highest BCUT2D eigenvalue weighted by molar-refractivity contribution is 9.10. The Balaban J connectivity index is 1.30. The van der Waals surface area contributed by atoms with Crippen LogP contribution in [-0.4, -0.2) is 49.1 Å². The van der Waals surface area contributed by atoms with Crippen LogP contribution in [0.15, 0.2) is 71.2 Å². The van der Waals surface area contributed by atoms with Crippen LogP contribution in [0.4, 0.5) is 5.69 Å². The summed E-state index contributed by atoms with van der Waals surface area (Å²) in [4.78, 5) is 21.1. The minimum absolute atomic E-state index is 0.216. The topological polar surface area (TPSA) is 48.6 Å². The average molecular weight is 532 g/mol. The number of H-pyrrole nitrogens is 1. The van der Waals surface area contributed by atoms with Gasteiger partial charge in [-0.05, 0) is 60.9 Å². The molecule has 0 radical (unpaired) electrons. The van der Waals surface area contributed by atoms with Crippen molar-refractivity contribution in [1.82, 2.24) is 9.88 Å². The minimum atomic E-state index is 0.216. The van der Waals surface area contributed by atoms with Gasteiger partial charge in [-0.2, -0.15) is 0 Å². The molecule has 5 nitrogen and oxygen atoms in total. The zero-order valence-corrected chi connectivity index (χ0v) is 21.8. The second kappa shape index (κ2) is 10.2. The number of methoxy groups -OCH3 is 1. The lowest BCUT2D eigenvalue weighted by Crippen LogP contribution is -2.48. The normalized spacial score (nSPS) is 13.9. The van der Waals surface area contributed by atoms with Crippen molar-refractivity contribution in [2.45, 2.75) is 19.8 Å². The third-order valence-corrected chi connectivity index (χ3v) is 7.37. The maximum Gasteiger partial charge on any atom is 0.223 e. The zero-order chi connectivity index (χ0) is 24.4. The van der Waals surface area contributed by atoms with Gasteiger partial charge in [0.05, 0.1) is 12.8 Å². The Morgan fingerprint density at radius 3 is 2.49 bits per heavy atom. The Morgan fingerprint density at radius 1 is 1.00 bits per heavy atom. The number of fused-ring (bicyclic) bond motifs is 1. The summed E-state index contributed by atoms with van der Waals surface area (Å²) in [6, 6.07) is 22.9. The number of nitrogens with zero attached hydrogens (tertiary/aromatic N) is 2. The van der Waals surface area contributed by atoms with E-state index in [9.17, 15) is 4.79 Å². The van der Waals surface area contributed by atoms with Crippen LogP contribution in [0, 0.1) is 6.92 Å². The van der Waals surface area contributed by atoms with Gasteiger partial charge in [-0.1, -0.05) is 51.8 Å².